The summed E-state index contributed by atoms with van der Waals surface area (Å²) in [5.41, 5.74) is 1.29. The van der Waals surface area contributed by atoms with E-state index >= 15 is 0 Å². The van der Waals surface area contributed by atoms with E-state index in [1.165, 1.54) is 5.56 Å². The number of benzene rings is 1. The summed E-state index contributed by atoms with van der Waals surface area (Å²) in [5, 5.41) is 4.04. The summed E-state index contributed by atoms with van der Waals surface area (Å²) < 4.78 is 5.30. The van der Waals surface area contributed by atoms with Crippen LogP contribution in [0, 0.1) is 5.92 Å². The number of amides is 1. The van der Waals surface area contributed by atoms with Gasteiger partial charge in [0, 0.05) is 31.3 Å². The minimum atomic E-state index is -0.109. The molecule has 146 valence electrons. The molecule has 0 atom stereocenters. The second kappa shape index (κ2) is 8.68. The van der Waals surface area contributed by atoms with Gasteiger partial charge in [-0.05, 0) is 37.2 Å². The number of aromatic nitrogens is 2. The van der Waals surface area contributed by atoms with Gasteiger partial charge in [0.1, 0.15) is 0 Å². The van der Waals surface area contributed by atoms with Gasteiger partial charge in [-0.2, -0.15) is 4.98 Å². The van der Waals surface area contributed by atoms with Crippen LogP contribution in [0.25, 0.3) is 0 Å². The Morgan fingerprint density at radius 2 is 1.89 bits per heavy atom. The number of piperidine rings is 1. The maximum absolute atomic E-state index is 12.5. The molecule has 2 heterocycles. The van der Waals surface area contributed by atoms with Crippen molar-refractivity contribution in [1.82, 2.24) is 15.0 Å². The number of hydrogen-bond acceptors (Lipinski definition) is 4. The van der Waals surface area contributed by atoms with E-state index in [0.29, 0.717) is 24.7 Å². The van der Waals surface area contributed by atoms with Crippen molar-refractivity contribution in [1.29, 1.82) is 0 Å². The highest BCUT2D eigenvalue weighted by Crippen LogP contribution is 2.23. The van der Waals surface area contributed by atoms with Crippen LogP contribution < -0.4 is 0 Å². The van der Waals surface area contributed by atoms with Gasteiger partial charge in [-0.15, -0.1) is 0 Å². The molecule has 5 heteroatoms. The highest BCUT2D eigenvalue weighted by Gasteiger charge is 2.23. The van der Waals surface area contributed by atoms with E-state index in [0.717, 1.165) is 44.6 Å². The number of hydrogen-bond donors (Lipinski definition) is 0. The average molecular weight is 370 g/mol. The lowest BCUT2D eigenvalue weighted by atomic mass is 9.90. The first-order valence-corrected chi connectivity index (χ1v) is 10.1. The molecule has 1 aromatic heterocycles. The first-order chi connectivity index (χ1) is 12.9. The fraction of sp³-hybridized carbons (Fsp3) is 0.591. The van der Waals surface area contributed by atoms with Gasteiger partial charge in [0.25, 0.3) is 0 Å². The fourth-order valence-corrected chi connectivity index (χ4v) is 3.54. The van der Waals surface area contributed by atoms with E-state index in [4.69, 9.17) is 4.52 Å². The maximum Gasteiger partial charge on any atom is 0.226 e. The third-order valence-electron chi connectivity index (χ3n) is 5.25. The smallest absolute Gasteiger partial charge is 0.226 e. The second-order valence-corrected chi connectivity index (χ2v) is 8.63. The zero-order chi connectivity index (χ0) is 19.3. The number of rotatable bonds is 6. The molecule has 0 spiro atoms. The zero-order valence-corrected chi connectivity index (χ0v) is 16.8. The number of likely N-dealkylation sites (tertiary alicyclic amines) is 1. The Hall–Kier alpha value is -2.17. The molecule has 1 aromatic carbocycles. The molecular formula is C22H31N3O2. The van der Waals surface area contributed by atoms with Gasteiger partial charge in [0.15, 0.2) is 5.82 Å². The van der Waals surface area contributed by atoms with Crippen LogP contribution in [0.1, 0.15) is 63.7 Å². The monoisotopic (exact) mass is 369 g/mol. The van der Waals surface area contributed by atoms with Gasteiger partial charge in [-0.25, -0.2) is 0 Å². The average Bonchev–Trinajstić information content (AvgIpc) is 3.12. The molecule has 0 bridgehead atoms. The van der Waals surface area contributed by atoms with Crippen molar-refractivity contribution >= 4 is 5.91 Å². The summed E-state index contributed by atoms with van der Waals surface area (Å²) in [6.07, 6.45) is 5.29. The van der Waals surface area contributed by atoms with Crippen LogP contribution in [0.2, 0.25) is 0 Å². The molecule has 0 N–H and O–H groups in total. The molecule has 2 aromatic rings. The summed E-state index contributed by atoms with van der Waals surface area (Å²) in [4.78, 5) is 18.9. The van der Waals surface area contributed by atoms with Crippen LogP contribution in [0.4, 0.5) is 0 Å². The van der Waals surface area contributed by atoms with Crippen molar-refractivity contribution in [2.75, 3.05) is 13.1 Å². The Bertz CT molecular complexity index is 726. The zero-order valence-electron chi connectivity index (χ0n) is 16.8. The largest absolute Gasteiger partial charge is 0.343 e. The summed E-state index contributed by atoms with van der Waals surface area (Å²) in [5.74, 6) is 2.30. The molecule has 0 aliphatic carbocycles. The fourth-order valence-electron chi connectivity index (χ4n) is 3.54. The quantitative estimate of drug-likeness (QED) is 0.767. The van der Waals surface area contributed by atoms with Crippen molar-refractivity contribution in [3.8, 4) is 0 Å². The Morgan fingerprint density at radius 1 is 1.19 bits per heavy atom. The number of carbonyl (C=O) groups excluding carboxylic acids is 1. The predicted molar refractivity (Wildman–Crippen MR) is 105 cm³/mol. The molecule has 1 aliphatic rings. The minimum Gasteiger partial charge on any atom is -0.343 e. The second-order valence-electron chi connectivity index (χ2n) is 8.63. The lowest BCUT2D eigenvalue weighted by Gasteiger charge is -2.32. The van der Waals surface area contributed by atoms with E-state index in [-0.39, 0.29) is 11.3 Å². The van der Waals surface area contributed by atoms with E-state index < -0.39 is 0 Å². The molecule has 1 amide bonds. The van der Waals surface area contributed by atoms with Crippen LogP contribution in [0.5, 0.6) is 0 Å². The first-order valence-electron chi connectivity index (χ1n) is 10.1. The normalized spacial score (nSPS) is 15.9. The van der Waals surface area contributed by atoms with E-state index in [1.807, 2.05) is 4.90 Å². The summed E-state index contributed by atoms with van der Waals surface area (Å²) >= 11 is 0. The summed E-state index contributed by atoms with van der Waals surface area (Å²) in [7, 11) is 0. The lowest BCUT2D eigenvalue weighted by molar-refractivity contribution is -0.132. The minimum absolute atomic E-state index is 0.109. The number of carbonyl (C=O) groups is 1. The van der Waals surface area contributed by atoms with Crippen LogP contribution in [0.3, 0.4) is 0 Å². The van der Waals surface area contributed by atoms with Crippen molar-refractivity contribution in [2.45, 2.75) is 64.7 Å². The standard InChI is InChI=1S/C22H31N3O2/c1-22(2,3)21-23-19(27-24-21)10-7-11-20(26)25-14-12-18(13-15-25)16-17-8-5-4-6-9-17/h4-6,8-9,18H,7,10-16H2,1-3H3. The third-order valence-corrected chi connectivity index (χ3v) is 5.25. The Balaban J connectivity index is 1.38. The topological polar surface area (TPSA) is 59.2 Å². The Labute approximate surface area is 162 Å². The molecule has 0 saturated carbocycles. The van der Waals surface area contributed by atoms with E-state index in [9.17, 15) is 4.79 Å². The SMILES string of the molecule is CC(C)(C)c1noc(CCCC(=O)N2CCC(Cc3ccccc3)CC2)n1. The third kappa shape index (κ3) is 5.65. The lowest BCUT2D eigenvalue weighted by Crippen LogP contribution is -2.38. The van der Waals surface area contributed by atoms with Crippen LogP contribution in [-0.4, -0.2) is 34.0 Å². The molecule has 0 unspecified atom stereocenters. The number of aryl methyl sites for hydroxylation is 1. The van der Waals surface area contributed by atoms with Gasteiger partial charge < -0.3 is 9.42 Å². The molecule has 1 fully saturated rings. The van der Waals surface area contributed by atoms with Gasteiger partial charge in [-0.1, -0.05) is 56.3 Å². The van der Waals surface area contributed by atoms with E-state index in [1.54, 1.807) is 0 Å². The molecule has 3 rings (SSSR count). The van der Waals surface area contributed by atoms with Crippen molar-refractivity contribution < 1.29 is 9.32 Å². The van der Waals surface area contributed by atoms with Gasteiger partial charge in [0.2, 0.25) is 11.8 Å². The molecule has 1 saturated heterocycles. The van der Waals surface area contributed by atoms with Crippen molar-refractivity contribution in [3.05, 3.63) is 47.6 Å². The Morgan fingerprint density at radius 3 is 2.52 bits per heavy atom. The van der Waals surface area contributed by atoms with Crippen molar-refractivity contribution in [2.24, 2.45) is 5.92 Å². The molecule has 1 aliphatic heterocycles. The highest BCUT2D eigenvalue weighted by atomic mass is 16.5. The molecular weight excluding hydrogens is 338 g/mol. The summed E-state index contributed by atoms with van der Waals surface area (Å²) in [6, 6.07) is 10.6. The van der Waals surface area contributed by atoms with Crippen molar-refractivity contribution in [3.63, 3.8) is 0 Å². The molecule has 27 heavy (non-hydrogen) atoms. The maximum atomic E-state index is 12.5. The van der Waals surface area contributed by atoms with Gasteiger partial charge in [0.05, 0.1) is 0 Å². The first kappa shape index (κ1) is 19.6. The predicted octanol–water partition coefficient (Wildman–Crippen LogP) is 4.17. The molecule has 5 nitrogen and oxygen atoms in total. The van der Waals surface area contributed by atoms with Crippen LogP contribution in [-0.2, 0) is 23.1 Å². The van der Waals surface area contributed by atoms with Crippen LogP contribution in [0.15, 0.2) is 34.9 Å². The highest BCUT2D eigenvalue weighted by molar-refractivity contribution is 5.76. The molecule has 0 radical (unpaired) electrons. The van der Waals surface area contributed by atoms with Gasteiger partial charge >= 0.3 is 0 Å². The van der Waals surface area contributed by atoms with E-state index in [2.05, 4.69) is 61.2 Å². The summed E-state index contributed by atoms with van der Waals surface area (Å²) in [6.45, 7) is 7.95. The number of nitrogens with zero attached hydrogens (tertiary/aromatic N) is 3. The van der Waals surface area contributed by atoms with Crippen LogP contribution >= 0.6 is 0 Å². The van der Waals surface area contributed by atoms with Gasteiger partial charge in [-0.3, -0.25) is 4.79 Å². The Kier molecular flexibility index (Phi) is 6.30.